The quantitative estimate of drug-likeness (QED) is 0.884. The molecule has 0 spiro atoms. The van der Waals surface area contributed by atoms with Gasteiger partial charge in [-0.2, -0.15) is 0 Å². The highest BCUT2D eigenvalue weighted by molar-refractivity contribution is 5.95. The van der Waals surface area contributed by atoms with Crippen LogP contribution in [0.25, 0.3) is 0 Å². The maximum atomic E-state index is 13.2. The van der Waals surface area contributed by atoms with E-state index in [0.717, 1.165) is 30.5 Å². The molecule has 4 nitrogen and oxygen atoms in total. The number of rotatable bonds is 5. The summed E-state index contributed by atoms with van der Waals surface area (Å²) in [7, 11) is 0. The molecule has 6 heteroatoms. The Morgan fingerprint density at radius 1 is 1.04 bits per heavy atom. The van der Waals surface area contributed by atoms with Crippen molar-refractivity contribution in [1.82, 2.24) is 5.32 Å². The van der Waals surface area contributed by atoms with Crippen molar-refractivity contribution in [3.8, 4) is 0 Å². The van der Waals surface area contributed by atoms with Crippen LogP contribution in [0.15, 0.2) is 42.5 Å². The normalized spacial score (nSPS) is 13.4. The average Bonchev–Trinajstić information content (AvgIpc) is 3.40. The van der Waals surface area contributed by atoms with Crippen LogP contribution in [-0.2, 0) is 11.3 Å². The Hall–Kier alpha value is -2.76. The monoisotopic (exact) mass is 330 g/mol. The molecule has 2 aromatic carbocycles. The van der Waals surface area contributed by atoms with Gasteiger partial charge in [-0.05, 0) is 48.7 Å². The predicted octanol–water partition coefficient (Wildman–Crippen LogP) is 3.24. The van der Waals surface area contributed by atoms with Gasteiger partial charge in [-0.15, -0.1) is 0 Å². The second-order valence-electron chi connectivity index (χ2n) is 5.78. The first-order valence-electron chi connectivity index (χ1n) is 7.66. The van der Waals surface area contributed by atoms with Gasteiger partial charge in [0.05, 0.1) is 0 Å². The van der Waals surface area contributed by atoms with Crippen LogP contribution >= 0.6 is 0 Å². The lowest BCUT2D eigenvalue weighted by Crippen LogP contribution is -2.23. The minimum atomic E-state index is -1.06. The van der Waals surface area contributed by atoms with Gasteiger partial charge in [0.15, 0.2) is 11.6 Å². The molecule has 3 rings (SSSR count). The third-order valence-corrected chi connectivity index (χ3v) is 3.78. The van der Waals surface area contributed by atoms with Gasteiger partial charge < -0.3 is 10.6 Å². The summed E-state index contributed by atoms with van der Waals surface area (Å²) in [6.07, 6.45) is 1.85. The number of halogens is 2. The summed E-state index contributed by atoms with van der Waals surface area (Å²) in [5.41, 5.74) is 1.51. The number of amides is 2. The van der Waals surface area contributed by atoms with Crippen molar-refractivity contribution in [2.45, 2.75) is 19.4 Å². The molecule has 1 saturated carbocycles. The number of carbonyl (C=O) groups is 2. The molecule has 0 bridgehead atoms. The van der Waals surface area contributed by atoms with Crippen molar-refractivity contribution in [1.29, 1.82) is 0 Å². The van der Waals surface area contributed by atoms with Crippen LogP contribution in [0.4, 0.5) is 14.5 Å². The van der Waals surface area contributed by atoms with E-state index in [-0.39, 0.29) is 23.9 Å². The van der Waals surface area contributed by atoms with E-state index in [1.807, 2.05) is 0 Å². The predicted molar refractivity (Wildman–Crippen MR) is 85.3 cm³/mol. The Labute approximate surface area is 137 Å². The molecule has 0 aliphatic heterocycles. The highest BCUT2D eigenvalue weighted by Gasteiger charge is 2.29. The van der Waals surface area contributed by atoms with Crippen LogP contribution in [0.1, 0.15) is 28.8 Å². The minimum Gasteiger partial charge on any atom is -0.348 e. The summed E-state index contributed by atoms with van der Waals surface area (Å²) in [6.45, 7) is 0.213. The van der Waals surface area contributed by atoms with Gasteiger partial charge in [-0.25, -0.2) is 8.78 Å². The van der Waals surface area contributed by atoms with E-state index in [0.29, 0.717) is 5.69 Å². The molecular weight excluding hydrogens is 314 g/mol. The lowest BCUT2D eigenvalue weighted by Gasteiger charge is -2.09. The maximum absolute atomic E-state index is 13.2. The van der Waals surface area contributed by atoms with Crippen molar-refractivity contribution >= 4 is 17.5 Å². The molecule has 1 aliphatic carbocycles. The Kier molecular flexibility index (Phi) is 4.55. The van der Waals surface area contributed by atoms with E-state index in [1.165, 1.54) is 6.07 Å². The molecular formula is C18H16F2N2O2. The van der Waals surface area contributed by atoms with Gasteiger partial charge >= 0.3 is 0 Å². The second kappa shape index (κ2) is 6.78. The molecule has 0 saturated heterocycles. The van der Waals surface area contributed by atoms with Crippen molar-refractivity contribution < 1.29 is 18.4 Å². The number of benzene rings is 2. The van der Waals surface area contributed by atoms with Crippen LogP contribution in [-0.4, -0.2) is 11.8 Å². The topological polar surface area (TPSA) is 58.2 Å². The molecule has 2 aromatic rings. The largest absolute Gasteiger partial charge is 0.348 e. The lowest BCUT2D eigenvalue weighted by molar-refractivity contribution is -0.117. The van der Waals surface area contributed by atoms with Crippen LogP contribution in [0, 0.1) is 17.6 Å². The lowest BCUT2D eigenvalue weighted by atomic mass is 10.1. The first-order chi connectivity index (χ1) is 11.5. The van der Waals surface area contributed by atoms with E-state index in [9.17, 15) is 18.4 Å². The van der Waals surface area contributed by atoms with Crippen molar-refractivity contribution in [2.75, 3.05) is 5.32 Å². The molecule has 2 N–H and O–H groups in total. The fourth-order valence-electron chi connectivity index (χ4n) is 2.27. The van der Waals surface area contributed by atoms with Crippen molar-refractivity contribution in [2.24, 2.45) is 5.92 Å². The second-order valence-corrected chi connectivity index (χ2v) is 5.78. The first kappa shape index (κ1) is 16.1. The van der Waals surface area contributed by atoms with E-state index in [2.05, 4.69) is 10.6 Å². The summed E-state index contributed by atoms with van der Waals surface area (Å²) >= 11 is 0. The van der Waals surface area contributed by atoms with Gasteiger partial charge in [0.2, 0.25) is 5.91 Å². The summed E-state index contributed by atoms with van der Waals surface area (Å²) in [5, 5.41) is 5.47. The van der Waals surface area contributed by atoms with E-state index in [4.69, 9.17) is 0 Å². The van der Waals surface area contributed by atoms with Gasteiger partial charge in [-0.1, -0.05) is 12.1 Å². The van der Waals surface area contributed by atoms with Gasteiger partial charge in [0.1, 0.15) is 0 Å². The smallest absolute Gasteiger partial charge is 0.251 e. The first-order valence-corrected chi connectivity index (χ1v) is 7.66. The van der Waals surface area contributed by atoms with Crippen LogP contribution < -0.4 is 10.6 Å². The minimum absolute atomic E-state index is 0.0120. The molecule has 2 amide bonds. The number of hydrogen-bond acceptors (Lipinski definition) is 2. The third kappa shape index (κ3) is 3.95. The van der Waals surface area contributed by atoms with Crippen LogP contribution in [0.2, 0.25) is 0 Å². The standard InChI is InChI=1S/C18H16F2N2O2/c19-15-7-6-13(9-16(15)20)17(23)21-10-11-2-1-3-14(8-11)22-18(24)12-4-5-12/h1-3,6-9,12H,4-5,10H2,(H,21,23)(H,22,24). The van der Waals surface area contributed by atoms with Crippen LogP contribution in [0.5, 0.6) is 0 Å². The number of hydrogen-bond donors (Lipinski definition) is 2. The number of nitrogens with one attached hydrogen (secondary N) is 2. The molecule has 0 atom stereocenters. The Morgan fingerprint density at radius 3 is 2.54 bits per heavy atom. The molecule has 0 aromatic heterocycles. The zero-order chi connectivity index (χ0) is 17.1. The molecule has 1 fully saturated rings. The molecule has 1 aliphatic rings. The molecule has 124 valence electrons. The van der Waals surface area contributed by atoms with Crippen molar-refractivity contribution in [3.63, 3.8) is 0 Å². The summed E-state index contributed by atoms with van der Waals surface area (Å²) < 4.78 is 26.0. The zero-order valence-electron chi connectivity index (χ0n) is 12.8. The Balaban J connectivity index is 1.60. The number of anilines is 1. The maximum Gasteiger partial charge on any atom is 0.251 e. The average molecular weight is 330 g/mol. The Bertz CT molecular complexity index is 788. The molecule has 0 heterocycles. The Morgan fingerprint density at radius 2 is 1.83 bits per heavy atom. The van der Waals surface area contributed by atoms with Crippen LogP contribution in [0.3, 0.4) is 0 Å². The van der Waals surface area contributed by atoms with E-state index >= 15 is 0 Å². The molecule has 0 radical (unpaired) electrons. The summed E-state index contributed by atoms with van der Waals surface area (Å²) in [5.74, 6) is -2.43. The fourth-order valence-corrected chi connectivity index (χ4v) is 2.27. The zero-order valence-corrected chi connectivity index (χ0v) is 12.8. The van der Waals surface area contributed by atoms with Gasteiger partial charge in [0.25, 0.3) is 5.91 Å². The highest BCUT2D eigenvalue weighted by Crippen LogP contribution is 2.30. The SMILES string of the molecule is O=C(NCc1cccc(NC(=O)C2CC2)c1)c1ccc(F)c(F)c1. The fraction of sp³-hybridized carbons (Fsp3) is 0.222. The van der Waals surface area contributed by atoms with E-state index in [1.54, 1.807) is 24.3 Å². The third-order valence-electron chi connectivity index (χ3n) is 3.78. The molecule has 24 heavy (non-hydrogen) atoms. The summed E-state index contributed by atoms with van der Waals surface area (Å²) in [4.78, 5) is 23.7. The van der Waals surface area contributed by atoms with Gasteiger partial charge in [0, 0.05) is 23.7 Å². The van der Waals surface area contributed by atoms with E-state index < -0.39 is 17.5 Å². The highest BCUT2D eigenvalue weighted by atomic mass is 19.2. The molecule has 0 unspecified atom stereocenters. The van der Waals surface area contributed by atoms with Crippen molar-refractivity contribution in [3.05, 3.63) is 65.2 Å². The van der Waals surface area contributed by atoms with Gasteiger partial charge in [-0.3, -0.25) is 9.59 Å². The summed E-state index contributed by atoms with van der Waals surface area (Å²) in [6, 6.07) is 10.1. The number of carbonyl (C=O) groups excluding carboxylic acids is 2.